The topological polar surface area (TPSA) is 21.3 Å². The van der Waals surface area contributed by atoms with Gasteiger partial charge in [0.1, 0.15) is 5.82 Å². The molecule has 0 amide bonds. The molecule has 2 unspecified atom stereocenters. The molecule has 1 aromatic rings. The lowest BCUT2D eigenvalue weighted by molar-refractivity contribution is 0.0997. The molecule has 0 aromatic heterocycles. The molecule has 2 nitrogen and oxygen atoms in total. The highest BCUT2D eigenvalue weighted by Gasteiger charge is 2.21. The Kier molecular flexibility index (Phi) is 4.94. The summed E-state index contributed by atoms with van der Waals surface area (Å²) in [6.07, 6.45) is 4.59. The lowest BCUT2D eigenvalue weighted by atomic mass is 9.94. The fourth-order valence-electron chi connectivity index (χ4n) is 3.03. The summed E-state index contributed by atoms with van der Waals surface area (Å²) in [5.74, 6) is -0.0933. The third-order valence-electron chi connectivity index (χ3n) is 3.98. The van der Waals surface area contributed by atoms with Crippen molar-refractivity contribution in [2.45, 2.75) is 51.7 Å². The zero-order chi connectivity index (χ0) is 13.8. The van der Waals surface area contributed by atoms with Crippen LogP contribution in [0.15, 0.2) is 12.1 Å². The van der Waals surface area contributed by atoms with Crippen molar-refractivity contribution in [2.75, 3.05) is 13.7 Å². The molecule has 3 heteroatoms. The molecule has 1 aromatic carbocycles. The highest BCUT2D eigenvalue weighted by molar-refractivity contribution is 5.34. The number of rotatable bonds is 5. The Morgan fingerprint density at radius 3 is 2.79 bits per heavy atom. The first-order chi connectivity index (χ1) is 9.11. The van der Waals surface area contributed by atoms with Gasteiger partial charge >= 0.3 is 0 Å². The molecule has 1 aliphatic heterocycles. The monoisotopic (exact) mass is 265 g/mol. The van der Waals surface area contributed by atoms with Crippen molar-refractivity contribution >= 4 is 0 Å². The van der Waals surface area contributed by atoms with Gasteiger partial charge in [0.25, 0.3) is 0 Å². The molecule has 1 aliphatic rings. The van der Waals surface area contributed by atoms with Crippen molar-refractivity contribution < 1.29 is 9.13 Å². The van der Waals surface area contributed by atoms with Crippen LogP contribution in [0.1, 0.15) is 48.4 Å². The van der Waals surface area contributed by atoms with Gasteiger partial charge in [0.2, 0.25) is 0 Å². The van der Waals surface area contributed by atoms with Gasteiger partial charge in [0.05, 0.1) is 6.10 Å². The van der Waals surface area contributed by atoms with Gasteiger partial charge in [-0.15, -0.1) is 0 Å². The van der Waals surface area contributed by atoms with Crippen LogP contribution < -0.4 is 5.32 Å². The van der Waals surface area contributed by atoms with Crippen LogP contribution >= 0.6 is 0 Å². The number of halogens is 1. The van der Waals surface area contributed by atoms with Crippen molar-refractivity contribution in [1.82, 2.24) is 5.32 Å². The Morgan fingerprint density at radius 1 is 1.42 bits per heavy atom. The predicted octanol–water partition coefficient (Wildman–Crippen LogP) is 3.66. The normalized spacial score (nSPS) is 20.7. The van der Waals surface area contributed by atoms with Crippen LogP contribution in [0.2, 0.25) is 0 Å². The molecule has 0 spiro atoms. The molecule has 2 atom stereocenters. The summed E-state index contributed by atoms with van der Waals surface area (Å²) in [6.45, 7) is 4.80. The molecule has 2 rings (SSSR count). The first-order valence-electron chi connectivity index (χ1n) is 7.17. The van der Waals surface area contributed by atoms with Crippen LogP contribution in [0.3, 0.4) is 0 Å². The number of hydrogen-bond acceptors (Lipinski definition) is 2. The summed E-state index contributed by atoms with van der Waals surface area (Å²) in [5, 5.41) is 3.25. The smallest absolute Gasteiger partial charge is 0.128 e. The van der Waals surface area contributed by atoms with Crippen LogP contribution in [-0.4, -0.2) is 19.8 Å². The Labute approximate surface area is 115 Å². The van der Waals surface area contributed by atoms with E-state index in [1.165, 1.54) is 0 Å². The van der Waals surface area contributed by atoms with Crippen molar-refractivity contribution in [2.24, 2.45) is 0 Å². The van der Waals surface area contributed by atoms with Crippen LogP contribution in [0.25, 0.3) is 0 Å². The van der Waals surface area contributed by atoms with Gasteiger partial charge in [-0.2, -0.15) is 0 Å². The van der Waals surface area contributed by atoms with E-state index >= 15 is 0 Å². The molecule has 106 valence electrons. The summed E-state index contributed by atoms with van der Waals surface area (Å²) in [5.41, 5.74) is 2.82. The predicted molar refractivity (Wildman–Crippen MR) is 75.9 cm³/mol. The summed E-state index contributed by atoms with van der Waals surface area (Å²) >= 11 is 0. The van der Waals surface area contributed by atoms with Crippen molar-refractivity contribution in [3.63, 3.8) is 0 Å². The first-order valence-corrected chi connectivity index (χ1v) is 7.17. The Hall–Kier alpha value is -0.930. The van der Waals surface area contributed by atoms with E-state index in [2.05, 4.69) is 11.4 Å². The number of ether oxygens (including phenoxy) is 1. The van der Waals surface area contributed by atoms with Crippen molar-refractivity contribution in [3.05, 3.63) is 34.6 Å². The molecule has 1 N–H and O–H groups in total. The largest absolute Gasteiger partial charge is 0.378 e. The van der Waals surface area contributed by atoms with Crippen molar-refractivity contribution in [3.8, 4) is 0 Å². The van der Waals surface area contributed by atoms with Gasteiger partial charge in [-0.05, 0) is 63.8 Å². The van der Waals surface area contributed by atoms with E-state index in [1.54, 1.807) is 6.07 Å². The summed E-state index contributed by atoms with van der Waals surface area (Å²) < 4.78 is 19.8. The van der Waals surface area contributed by atoms with Gasteiger partial charge in [-0.1, -0.05) is 6.07 Å². The molecule has 1 saturated heterocycles. The summed E-state index contributed by atoms with van der Waals surface area (Å²) in [4.78, 5) is 0. The maximum Gasteiger partial charge on any atom is 0.128 e. The molecular formula is C16H24FNO. The van der Waals surface area contributed by atoms with E-state index in [4.69, 9.17) is 4.74 Å². The zero-order valence-electron chi connectivity index (χ0n) is 12.1. The third-order valence-corrected chi connectivity index (χ3v) is 3.98. The van der Waals surface area contributed by atoms with E-state index in [-0.39, 0.29) is 11.9 Å². The summed E-state index contributed by atoms with van der Waals surface area (Å²) in [7, 11) is 1.90. The standard InChI is InChI=1S/C16H24FNO/c1-11-9-12(2)16(14(17)10-11)15(18-3)7-6-13-5-4-8-19-13/h9-10,13,15,18H,4-8H2,1-3H3. The highest BCUT2D eigenvalue weighted by Crippen LogP contribution is 2.28. The third kappa shape index (κ3) is 3.54. The molecule has 0 radical (unpaired) electrons. The average molecular weight is 265 g/mol. The molecule has 19 heavy (non-hydrogen) atoms. The van der Waals surface area contributed by atoms with E-state index in [0.717, 1.165) is 49.0 Å². The van der Waals surface area contributed by atoms with E-state index in [1.807, 2.05) is 20.9 Å². The fraction of sp³-hybridized carbons (Fsp3) is 0.625. The van der Waals surface area contributed by atoms with Gasteiger partial charge in [-0.25, -0.2) is 4.39 Å². The second-order valence-electron chi connectivity index (χ2n) is 5.53. The number of aryl methyl sites for hydroxylation is 2. The molecular weight excluding hydrogens is 241 g/mol. The molecule has 1 fully saturated rings. The molecule has 0 aliphatic carbocycles. The second-order valence-corrected chi connectivity index (χ2v) is 5.53. The minimum atomic E-state index is -0.0933. The van der Waals surface area contributed by atoms with Crippen LogP contribution in [0, 0.1) is 19.7 Å². The number of nitrogens with one attached hydrogen (secondary N) is 1. The van der Waals surface area contributed by atoms with Gasteiger partial charge in [-0.3, -0.25) is 0 Å². The number of hydrogen-bond donors (Lipinski definition) is 1. The minimum Gasteiger partial charge on any atom is -0.378 e. The maximum absolute atomic E-state index is 14.2. The fourth-order valence-corrected chi connectivity index (χ4v) is 3.03. The van der Waals surface area contributed by atoms with Crippen molar-refractivity contribution in [1.29, 1.82) is 0 Å². The molecule has 0 bridgehead atoms. The Balaban J connectivity index is 2.08. The van der Waals surface area contributed by atoms with Gasteiger partial charge in [0.15, 0.2) is 0 Å². The van der Waals surface area contributed by atoms with Gasteiger partial charge in [0, 0.05) is 18.2 Å². The van der Waals surface area contributed by atoms with E-state index < -0.39 is 0 Å². The van der Waals surface area contributed by atoms with E-state index in [9.17, 15) is 4.39 Å². The van der Waals surface area contributed by atoms with Crippen LogP contribution in [0.5, 0.6) is 0 Å². The Bertz CT molecular complexity index is 404. The SMILES string of the molecule is CNC(CCC1CCCO1)c1c(C)cc(C)cc1F. The van der Waals surface area contributed by atoms with Gasteiger partial charge < -0.3 is 10.1 Å². The van der Waals surface area contributed by atoms with Crippen LogP contribution in [-0.2, 0) is 4.74 Å². The lowest BCUT2D eigenvalue weighted by Gasteiger charge is -2.21. The molecule has 1 heterocycles. The maximum atomic E-state index is 14.2. The molecule has 0 saturated carbocycles. The lowest BCUT2D eigenvalue weighted by Crippen LogP contribution is -2.21. The average Bonchev–Trinajstić information content (AvgIpc) is 2.85. The number of benzene rings is 1. The van der Waals surface area contributed by atoms with E-state index in [0.29, 0.717) is 6.10 Å². The first kappa shape index (κ1) is 14.5. The minimum absolute atomic E-state index is 0.0739. The zero-order valence-corrected chi connectivity index (χ0v) is 12.1. The quantitative estimate of drug-likeness (QED) is 0.877. The Morgan fingerprint density at radius 2 is 2.21 bits per heavy atom. The van der Waals surface area contributed by atoms with Crippen LogP contribution in [0.4, 0.5) is 4.39 Å². The highest BCUT2D eigenvalue weighted by atomic mass is 19.1. The second kappa shape index (κ2) is 6.49. The summed E-state index contributed by atoms with van der Waals surface area (Å²) in [6, 6.07) is 3.75.